The monoisotopic (exact) mass is 609 g/mol. The van der Waals surface area contributed by atoms with Crippen molar-refractivity contribution < 1.29 is 18.7 Å². The van der Waals surface area contributed by atoms with E-state index in [1.54, 1.807) is 39.0 Å². The number of likely N-dealkylation sites (tertiary alicyclic amines) is 1. The van der Waals surface area contributed by atoms with Crippen LogP contribution in [0.4, 0.5) is 20.7 Å². The highest BCUT2D eigenvalue weighted by Gasteiger charge is 2.49. The Morgan fingerprint density at radius 2 is 1.98 bits per heavy atom. The number of thioether (sulfide) groups is 1. The highest BCUT2D eigenvalue weighted by Crippen LogP contribution is 2.39. The van der Waals surface area contributed by atoms with Gasteiger partial charge in [-0.05, 0) is 63.9 Å². The molecule has 5 rings (SSSR count). The van der Waals surface area contributed by atoms with E-state index >= 15 is 4.39 Å². The first kappa shape index (κ1) is 30.4. The predicted octanol–water partition coefficient (Wildman–Crippen LogP) is 4.55. The molecule has 228 valence electrons. The van der Waals surface area contributed by atoms with Gasteiger partial charge in [0.2, 0.25) is 0 Å². The first-order valence-electron chi connectivity index (χ1n) is 14.3. The first-order valence-corrected chi connectivity index (χ1v) is 15.4. The number of alkyl halides is 1. The van der Waals surface area contributed by atoms with Crippen molar-refractivity contribution >= 4 is 46.2 Å². The van der Waals surface area contributed by atoms with E-state index in [0.717, 1.165) is 17.1 Å². The molecule has 4 heterocycles. The molecule has 2 aromatic heterocycles. The number of H-pyrrole nitrogens is 1. The molecule has 2 atom stereocenters. The smallest absolute Gasteiger partial charge is 0.410 e. The van der Waals surface area contributed by atoms with Crippen molar-refractivity contribution in [1.29, 1.82) is 5.26 Å². The van der Waals surface area contributed by atoms with Gasteiger partial charge in [0.25, 0.3) is 11.5 Å². The quantitative estimate of drug-likeness (QED) is 0.430. The number of pyridine rings is 1. The van der Waals surface area contributed by atoms with Gasteiger partial charge in [0.05, 0.1) is 24.6 Å². The summed E-state index contributed by atoms with van der Waals surface area (Å²) in [6.07, 6.45) is -0.954. The number of hydrogen-bond donors (Lipinski definition) is 2. The molecule has 2 saturated heterocycles. The number of nitrogens with one attached hydrogen (secondary N) is 2. The molecule has 13 heteroatoms. The number of aromatic nitrogens is 3. The number of halogens is 1. The van der Waals surface area contributed by atoms with Crippen LogP contribution in [0.3, 0.4) is 0 Å². The minimum Gasteiger partial charge on any atom is -0.444 e. The number of anilines is 2. The van der Waals surface area contributed by atoms with Crippen LogP contribution in [0.25, 0.3) is 10.9 Å². The standard InChI is InChI=1S/C30H36FN7O4S/c1-19-17-20(5-6-21(19)27(40)36-13-15-43-16-14-36)34-25-24-22(7-11-33-26(24)39)38(35-25)30(8-10-32)9-12-37(18-23(30)31)28(41)42-29(2,3)4/h5-7,11,17,23H,8-9,12-16,18H2,1-4H3,(H,33,39)(H,34,35). The van der Waals surface area contributed by atoms with Gasteiger partial charge in [-0.15, -0.1) is 0 Å². The van der Waals surface area contributed by atoms with Crippen LogP contribution in [-0.4, -0.2) is 86.0 Å². The Labute approximate surface area is 253 Å². The molecule has 2 N–H and O–H groups in total. The minimum atomic E-state index is -1.66. The summed E-state index contributed by atoms with van der Waals surface area (Å²) in [7, 11) is 0. The lowest BCUT2D eigenvalue weighted by Gasteiger charge is -2.43. The number of benzene rings is 1. The number of nitriles is 1. The number of piperidine rings is 1. The summed E-state index contributed by atoms with van der Waals surface area (Å²) >= 11 is 1.83. The normalized spacial score (nSPS) is 21.0. The maximum atomic E-state index is 16.2. The zero-order valence-corrected chi connectivity index (χ0v) is 25.6. The lowest BCUT2D eigenvalue weighted by atomic mass is 9.83. The molecule has 2 aliphatic heterocycles. The average Bonchev–Trinajstić information content (AvgIpc) is 3.33. The van der Waals surface area contributed by atoms with Crippen molar-refractivity contribution in [3.63, 3.8) is 0 Å². The summed E-state index contributed by atoms with van der Waals surface area (Å²) in [4.78, 5) is 44.7. The molecule has 0 aliphatic carbocycles. The lowest BCUT2D eigenvalue weighted by molar-refractivity contribution is -0.0166. The number of carbonyl (C=O) groups is 2. The van der Waals surface area contributed by atoms with Gasteiger partial charge in [-0.2, -0.15) is 22.1 Å². The van der Waals surface area contributed by atoms with Crippen LogP contribution in [-0.2, 0) is 10.3 Å². The van der Waals surface area contributed by atoms with Gasteiger partial charge >= 0.3 is 6.09 Å². The Morgan fingerprint density at radius 3 is 2.63 bits per heavy atom. The van der Waals surface area contributed by atoms with Crippen LogP contribution in [0, 0.1) is 18.3 Å². The number of hydrogen-bond acceptors (Lipinski definition) is 8. The fourth-order valence-corrected chi connectivity index (χ4v) is 6.54. The Morgan fingerprint density at radius 1 is 1.23 bits per heavy atom. The molecular weight excluding hydrogens is 573 g/mol. The molecule has 2 fully saturated rings. The Kier molecular flexibility index (Phi) is 8.42. The molecule has 2 aliphatic rings. The molecule has 1 aromatic carbocycles. The molecule has 0 radical (unpaired) electrons. The topological polar surface area (TPSA) is 136 Å². The van der Waals surface area contributed by atoms with Gasteiger partial charge in [-0.25, -0.2) is 9.18 Å². The number of aromatic amines is 1. The van der Waals surface area contributed by atoms with E-state index in [-0.39, 0.29) is 43.0 Å². The van der Waals surface area contributed by atoms with Crippen LogP contribution in [0.15, 0.2) is 35.3 Å². The van der Waals surface area contributed by atoms with E-state index in [4.69, 9.17) is 4.74 Å². The number of carbonyl (C=O) groups excluding carboxylic acids is 2. The summed E-state index contributed by atoms with van der Waals surface area (Å²) in [5, 5.41) is 17.9. The number of rotatable bonds is 5. The van der Waals surface area contributed by atoms with Crippen LogP contribution in [0.5, 0.6) is 0 Å². The van der Waals surface area contributed by atoms with Crippen molar-refractivity contribution in [3.8, 4) is 6.07 Å². The highest BCUT2D eigenvalue weighted by atomic mass is 32.2. The van der Waals surface area contributed by atoms with E-state index in [0.29, 0.717) is 29.9 Å². The van der Waals surface area contributed by atoms with E-state index in [9.17, 15) is 19.6 Å². The van der Waals surface area contributed by atoms with Crippen LogP contribution in [0.2, 0.25) is 0 Å². The van der Waals surface area contributed by atoms with E-state index in [1.165, 1.54) is 15.8 Å². The van der Waals surface area contributed by atoms with Gasteiger partial charge < -0.3 is 24.8 Å². The molecule has 2 amide bonds. The molecule has 0 bridgehead atoms. The molecule has 0 saturated carbocycles. The second-order valence-corrected chi connectivity index (χ2v) is 13.2. The third-order valence-electron chi connectivity index (χ3n) is 7.86. The number of fused-ring (bicyclic) bond motifs is 1. The molecule has 2 unspecified atom stereocenters. The minimum absolute atomic E-state index is 0.0133. The van der Waals surface area contributed by atoms with E-state index in [2.05, 4.69) is 21.5 Å². The fourth-order valence-electron chi connectivity index (χ4n) is 5.64. The van der Waals surface area contributed by atoms with Gasteiger partial charge in [-0.1, -0.05) is 0 Å². The Bertz CT molecular complexity index is 1640. The third-order valence-corrected chi connectivity index (χ3v) is 8.80. The molecule has 3 aromatic rings. The second-order valence-electron chi connectivity index (χ2n) is 12.0. The van der Waals surface area contributed by atoms with Gasteiger partial charge in [0, 0.05) is 48.6 Å². The second kappa shape index (κ2) is 11.9. The number of aryl methyl sites for hydroxylation is 1. The van der Waals surface area contributed by atoms with Gasteiger partial charge in [0.1, 0.15) is 22.7 Å². The average molecular weight is 610 g/mol. The lowest BCUT2D eigenvalue weighted by Crippen LogP contribution is -2.56. The van der Waals surface area contributed by atoms with Crippen LogP contribution >= 0.6 is 11.8 Å². The van der Waals surface area contributed by atoms with E-state index in [1.807, 2.05) is 29.7 Å². The summed E-state index contributed by atoms with van der Waals surface area (Å²) in [6, 6.07) is 9.05. The van der Waals surface area contributed by atoms with Crippen molar-refractivity contribution in [3.05, 3.63) is 51.9 Å². The summed E-state index contributed by atoms with van der Waals surface area (Å²) < 4.78 is 23.1. The molecule has 43 heavy (non-hydrogen) atoms. The maximum Gasteiger partial charge on any atom is 0.410 e. The predicted molar refractivity (Wildman–Crippen MR) is 164 cm³/mol. The number of ether oxygens (including phenoxy) is 1. The third kappa shape index (κ3) is 6.06. The largest absolute Gasteiger partial charge is 0.444 e. The number of nitrogens with zero attached hydrogens (tertiary/aromatic N) is 5. The summed E-state index contributed by atoms with van der Waals surface area (Å²) in [5.74, 6) is 2.02. The number of amides is 2. The molecule has 11 nitrogen and oxygen atoms in total. The highest BCUT2D eigenvalue weighted by molar-refractivity contribution is 7.99. The van der Waals surface area contributed by atoms with Crippen molar-refractivity contribution in [2.75, 3.05) is 43.0 Å². The maximum absolute atomic E-state index is 16.2. The van der Waals surface area contributed by atoms with Crippen molar-refractivity contribution in [2.24, 2.45) is 0 Å². The van der Waals surface area contributed by atoms with Gasteiger partial charge in [-0.3, -0.25) is 14.3 Å². The van der Waals surface area contributed by atoms with Crippen molar-refractivity contribution in [1.82, 2.24) is 24.6 Å². The van der Waals surface area contributed by atoms with Crippen LogP contribution in [0.1, 0.15) is 49.5 Å². The zero-order valence-electron chi connectivity index (χ0n) is 24.8. The van der Waals surface area contributed by atoms with Gasteiger partial charge in [0.15, 0.2) is 5.82 Å². The van der Waals surface area contributed by atoms with Crippen LogP contribution < -0.4 is 10.9 Å². The Balaban J connectivity index is 1.47. The van der Waals surface area contributed by atoms with Crippen molar-refractivity contribution in [2.45, 2.75) is 57.8 Å². The summed E-state index contributed by atoms with van der Waals surface area (Å²) in [5.41, 5.74) is -0.240. The first-order chi connectivity index (χ1) is 20.4. The fraction of sp³-hybridized carbons (Fsp3) is 0.500. The molecular formula is C30H36FN7O4S. The zero-order chi connectivity index (χ0) is 30.9. The SMILES string of the molecule is Cc1cc(Nc2nn(C3(CC#N)CCN(C(=O)OC(C)(C)C)CC3F)c3cc[nH]c(=O)c23)ccc1C(=O)N1CCSCC1. The molecule has 0 spiro atoms. The van der Waals surface area contributed by atoms with E-state index < -0.39 is 29.0 Å². The summed E-state index contributed by atoms with van der Waals surface area (Å²) in [6.45, 7) is 8.37. The Hall–Kier alpha value is -4.05.